The number of fused-ring (bicyclic) bond motifs is 1. The highest BCUT2D eigenvalue weighted by molar-refractivity contribution is 6.55. The summed E-state index contributed by atoms with van der Waals surface area (Å²) in [6.07, 6.45) is 0. The number of halogens is 4. The lowest BCUT2D eigenvalue weighted by atomic mass is 10.1. The fourth-order valence-electron chi connectivity index (χ4n) is 3.27. The van der Waals surface area contributed by atoms with Gasteiger partial charge in [0.25, 0.3) is 17.7 Å². The number of esters is 1. The quantitative estimate of drug-likeness (QED) is 0.258. The minimum atomic E-state index is -1.36. The summed E-state index contributed by atoms with van der Waals surface area (Å²) in [4.78, 5) is 51.0. The van der Waals surface area contributed by atoms with Gasteiger partial charge in [0.2, 0.25) is 0 Å². The number of benzene rings is 2. The standard InChI is InChI=1S/C21H16Cl4N2O5/c1-8-5-4-6-9(2)18(8)26-11(28)7-32-21(31)10(3)27-19(29)12-13(20(27)30)15(23)17(25)16(24)14(12)22/h4-6,10H,7H2,1-3H3,(H,26,28)/t10-/m0/s1. The van der Waals surface area contributed by atoms with E-state index in [1.807, 2.05) is 32.0 Å². The number of hydrogen-bond acceptors (Lipinski definition) is 5. The van der Waals surface area contributed by atoms with Crippen LogP contribution in [0.3, 0.4) is 0 Å². The molecule has 0 saturated heterocycles. The summed E-state index contributed by atoms with van der Waals surface area (Å²) >= 11 is 24.1. The van der Waals surface area contributed by atoms with Gasteiger partial charge in [-0.1, -0.05) is 64.6 Å². The van der Waals surface area contributed by atoms with E-state index in [-0.39, 0.29) is 31.2 Å². The largest absolute Gasteiger partial charge is 0.454 e. The van der Waals surface area contributed by atoms with Gasteiger partial charge in [0, 0.05) is 5.69 Å². The second-order valence-corrected chi connectivity index (χ2v) is 8.60. The lowest BCUT2D eigenvalue weighted by Gasteiger charge is -2.21. The SMILES string of the molecule is Cc1cccc(C)c1NC(=O)COC(=O)[C@H](C)N1C(=O)c2c(Cl)c(Cl)c(Cl)c(Cl)c2C1=O. The average molecular weight is 518 g/mol. The molecule has 11 heteroatoms. The van der Waals surface area contributed by atoms with Gasteiger partial charge in [-0.05, 0) is 31.9 Å². The molecule has 0 fully saturated rings. The lowest BCUT2D eigenvalue weighted by Crippen LogP contribution is -2.44. The van der Waals surface area contributed by atoms with Crippen molar-refractivity contribution in [1.82, 2.24) is 4.90 Å². The average Bonchev–Trinajstić information content (AvgIpc) is 3.01. The van der Waals surface area contributed by atoms with Gasteiger partial charge in [-0.3, -0.25) is 19.3 Å². The van der Waals surface area contributed by atoms with E-state index in [4.69, 9.17) is 51.1 Å². The van der Waals surface area contributed by atoms with Crippen LogP contribution in [0.15, 0.2) is 18.2 Å². The number of anilines is 1. The van der Waals surface area contributed by atoms with E-state index in [0.29, 0.717) is 10.6 Å². The Kier molecular flexibility index (Phi) is 7.05. The van der Waals surface area contributed by atoms with Crippen molar-refractivity contribution in [3.8, 4) is 0 Å². The molecule has 0 unspecified atom stereocenters. The monoisotopic (exact) mass is 516 g/mol. The Hall–Kier alpha value is -2.32. The molecular weight excluding hydrogens is 502 g/mol. The van der Waals surface area contributed by atoms with Crippen molar-refractivity contribution in [2.45, 2.75) is 26.8 Å². The van der Waals surface area contributed by atoms with Crippen LogP contribution >= 0.6 is 46.4 Å². The Morgan fingerprint density at radius 3 is 1.88 bits per heavy atom. The highest BCUT2D eigenvalue weighted by Gasteiger charge is 2.45. The number of aryl methyl sites for hydroxylation is 2. The topological polar surface area (TPSA) is 92.8 Å². The number of imide groups is 1. The molecule has 0 aromatic heterocycles. The van der Waals surface area contributed by atoms with Crippen LogP contribution in [0.25, 0.3) is 0 Å². The van der Waals surface area contributed by atoms with Crippen LogP contribution in [-0.4, -0.2) is 41.2 Å². The highest BCUT2D eigenvalue weighted by atomic mass is 35.5. The number of ether oxygens (including phenoxy) is 1. The molecule has 3 rings (SSSR count). The first-order valence-corrected chi connectivity index (χ1v) is 10.7. The molecular formula is C21H16Cl4N2O5. The van der Waals surface area contributed by atoms with E-state index in [0.717, 1.165) is 11.1 Å². The van der Waals surface area contributed by atoms with Gasteiger partial charge in [-0.2, -0.15) is 0 Å². The molecule has 7 nitrogen and oxygen atoms in total. The zero-order valence-corrected chi connectivity index (χ0v) is 20.0. The number of amides is 3. The van der Waals surface area contributed by atoms with Crippen LogP contribution in [0.1, 0.15) is 38.8 Å². The van der Waals surface area contributed by atoms with E-state index >= 15 is 0 Å². The summed E-state index contributed by atoms with van der Waals surface area (Å²) in [5, 5.41) is 1.82. The number of rotatable bonds is 5. The molecule has 0 bridgehead atoms. The van der Waals surface area contributed by atoms with Gasteiger partial charge in [0.05, 0.1) is 31.2 Å². The highest BCUT2D eigenvalue weighted by Crippen LogP contribution is 2.45. The summed E-state index contributed by atoms with van der Waals surface area (Å²) in [6.45, 7) is 4.32. The van der Waals surface area contributed by atoms with Crippen LogP contribution in [0.4, 0.5) is 5.69 Å². The predicted molar refractivity (Wildman–Crippen MR) is 122 cm³/mol. The Balaban J connectivity index is 1.73. The first-order valence-electron chi connectivity index (χ1n) is 9.23. The van der Waals surface area contributed by atoms with Gasteiger partial charge in [-0.15, -0.1) is 0 Å². The Morgan fingerprint density at radius 1 is 0.938 bits per heavy atom. The number of nitrogens with zero attached hydrogens (tertiary/aromatic N) is 1. The first-order chi connectivity index (χ1) is 15.0. The van der Waals surface area contributed by atoms with Crippen molar-refractivity contribution < 1.29 is 23.9 Å². The fourth-order valence-corrected chi connectivity index (χ4v) is 4.28. The van der Waals surface area contributed by atoms with Crippen LogP contribution in [0.5, 0.6) is 0 Å². The zero-order chi connectivity index (χ0) is 23.9. The molecule has 0 saturated carbocycles. The third-order valence-electron chi connectivity index (χ3n) is 4.95. The van der Waals surface area contributed by atoms with Crippen LogP contribution < -0.4 is 5.32 Å². The van der Waals surface area contributed by atoms with Crippen LogP contribution in [0.2, 0.25) is 20.1 Å². The number of hydrogen-bond donors (Lipinski definition) is 1. The summed E-state index contributed by atoms with van der Waals surface area (Å²) in [7, 11) is 0. The van der Waals surface area contributed by atoms with Crippen molar-refractivity contribution in [3.05, 3.63) is 60.5 Å². The molecule has 1 N–H and O–H groups in total. The molecule has 1 atom stereocenters. The zero-order valence-electron chi connectivity index (χ0n) is 17.0. The molecule has 168 valence electrons. The molecule has 32 heavy (non-hydrogen) atoms. The summed E-state index contributed by atoms with van der Waals surface area (Å²) in [5.74, 6) is -3.30. The number of para-hydroxylation sites is 1. The van der Waals surface area contributed by atoms with E-state index in [2.05, 4.69) is 5.32 Å². The molecule has 0 radical (unpaired) electrons. The molecule has 3 amide bonds. The third kappa shape index (κ3) is 4.18. The molecule has 1 aliphatic rings. The minimum Gasteiger partial charge on any atom is -0.454 e. The normalized spacial score (nSPS) is 13.8. The molecule has 1 heterocycles. The second kappa shape index (κ2) is 9.27. The second-order valence-electron chi connectivity index (χ2n) is 7.08. The van der Waals surface area contributed by atoms with E-state index < -0.39 is 36.3 Å². The number of nitrogens with one attached hydrogen (secondary N) is 1. The maximum atomic E-state index is 12.8. The smallest absolute Gasteiger partial charge is 0.329 e. The predicted octanol–water partition coefficient (Wildman–Crippen LogP) is 5.08. The Bertz CT molecular complexity index is 1110. The fraction of sp³-hybridized carbons (Fsp3) is 0.238. The molecule has 0 spiro atoms. The lowest BCUT2D eigenvalue weighted by molar-refractivity contribution is -0.150. The Morgan fingerprint density at radius 2 is 1.41 bits per heavy atom. The maximum absolute atomic E-state index is 12.8. The molecule has 2 aromatic carbocycles. The van der Waals surface area contributed by atoms with E-state index in [1.54, 1.807) is 0 Å². The first kappa shape index (κ1) is 24.3. The summed E-state index contributed by atoms with van der Waals surface area (Å²) < 4.78 is 5.02. The van der Waals surface area contributed by atoms with Crippen molar-refractivity contribution in [1.29, 1.82) is 0 Å². The number of carbonyl (C=O) groups is 4. The minimum absolute atomic E-state index is 0.182. The summed E-state index contributed by atoms with van der Waals surface area (Å²) in [5.41, 5.74) is 1.80. The molecule has 1 aliphatic heterocycles. The van der Waals surface area contributed by atoms with Crippen LogP contribution in [-0.2, 0) is 14.3 Å². The Labute approximate surface area is 203 Å². The van der Waals surface area contributed by atoms with E-state index in [9.17, 15) is 19.2 Å². The molecule has 0 aliphatic carbocycles. The van der Waals surface area contributed by atoms with Crippen molar-refractivity contribution in [2.75, 3.05) is 11.9 Å². The van der Waals surface area contributed by atoms with Gasteiger partial charge in [0.15, 0.2) is 6.61 Å². The van der Waals surface area contributed by atoms with Gasteiger partial charge >= 0.3 is 5.97 Å². The number of carbonyl (C=O) groups excluding carboxylic acids is 4. The van der Waals surface area contributed by atoms with E-state index in [1.165, 1.54) is 6.92 Å². The molecule has 2 aromatic rings. The van der Waals surface area contributed by atoms with Crippen molar-refractivity contribution in [3.63, 3.8) is 0 Å². The van der Waals surface area contributed by atoms with Crippen molar-refractivity contribution in [2.24, 2.45) is 0 Å². The van der Waals surface area contributed by atoms with Gasteiger partial charge in [0.1, 0.15) is 6.04 Å². The van der Waals surface area contributed by atoms with Gasteiger partial charge < -0.3 is 10.1 Å². The van der Waals surface area contributed by atoms with Gasteiger partial charge in [-0.25, -0.2) is 4.79 Å². The summed E-state index contributed by atoms with van der Waals surface area (Å²) in [6, 6.07) is 4.14. The maximum Gasteiger partial charge on any atom is 0.329 e. The van der Waals surface area contributed by atoms with Crippen LogP contribution in [0, 0.1) is 13.8 Å². The third-order valence-corrected chi connectivity index (χ3v) is 6.75. The van der Waals surface area contributed by atoms with Crippen molar-refractivity contribution >= 4 is 75.8 Å².